The normalized spacial score (nSPS) is 12.1. The van der Waals surface area contributed by atoms with Crippen LogP contribution in [0.1, 0.15) is 17.4 Å². The van der Waals surface area contributed by atoms with Crippen LogP contribution < -0.4 is 0 Å². The van der Waals surface area contributed by atoms with Crippen molar-refractivity contribution < 1.29 is 10.0 Å². The van der Waals surface area contributed by atoms with Gasteiger partial charge in [-0.05, 0) is 17.7 Å². The molecule has 1 aromatic heterocycles. The zero-order valence-corrected chi connectivity index (χ0v) is 9.78. The van der Waals surface area contributed by atoms with Gasteiger partial charge >= 0.3 is 0 Å². The van der Waals surface area contributed by atoms with E-state index in [4.69, 9.17) is 11.6 Å². The third-order valence-corrected chi connectivity index (χ3v) is 2.65. The predicted molar refractivity (Wildman–Crippen MR) is 64.2 cm³/mol. The summed E-state index contributed by atoms with van der Waals surface area (Å²) in [4.78, 5) is 17.7. The highest BCUT2D eigenvalue weighted by Gasteiger charge is 2.17. The first-order chi connectivity index (χ1) is 8.59. The van der Waals surface area contributed by atoms with Gasteiger partial charge in [0.1, 0.15) is 11.8 Å². The molecule has 7 heteroatoms. The topological polar surface area (TPSA) is 89.2 Å². The molecule has 0 aliphatic heterocycles. The van der Waals surface area contributed by atoms with E-state index in [1.54, 1.807) is 0 Å². The molecular weight excluding hydrogens is 258 g/mol. The minimum atomic E-state index is -1.06. The molecule has 2 aromatic rings. The number of aliphatic hydroxyl groups excluding tert-OH is 1. The summed E-state index contributed by atoms with van der Waals surface area (Å²) in [6.07, 6.45) is 1.76. The molecule has 6 nitrogen and oxygen atoms in total. The Morgan fingerprint density at radius 3 is 2.39 bits per heavy atom. The molecule has 0 spiro atoms. The lowest BCUT2D eigenvalue weighted by atomic mass is 10.1. The summed E-state index contributed by atoms with van der Waals surface area (Å²) >= 11 is 5.81. The Balaban J connectivity index is 2.32. The third-order valence-electron chi connectivity index (χ3n) is 2.36. The minimum absolute atomic E-state index is 0.0452. The molecule has 1 aromatic carbocycles. The van der Waals surface area contributed by atoms with Crippen LogP contribution in [0.25, 0.3) is 0 Å². The van der Waals surface area contributed by atoms with Crippen molar-refractivity contribution in [1.29, 1.82) is 0 Å². The van der Waals surface area contributed by atoms with Gasteiger partial charge in [-0.25, -0.2) is 4.98 Å². The molecule has 92 valence electrons. The maximum Gasteiger partial charge on any atom is 0.269 e. The van der Waals surface area contributed by atoms with Crippen LogP contribution in [0.2, 0.25) is 5.15 Å². The number of aliphatic hydroxyl groups is 1. The second kappa shape index (κ2) is 5.07. The molecule has 0 radical (unpaired) electrons. The van der Waals surface area contributed by atoms with E-state index in [-0.39, 0.29) is 16.5 Å². The molecule has 0 aliphatic carbocycles. The van der Waals surface area contributed by atoms with Crippen LogP contribution in [0.4, 0.5) is 5.69 Å². The average molecular weight is 266 g/mol. The summed E-state index contributed by atoms with van der Waals surface area (Å²) in [5.74, 6) is 0. The summed E-state index contributed by atoms with van der Waals surface area (Å²) in [6.45, 7) is 0. The molecule has 1 heterocycles. The zero-order chi connectivity index (χ0) is 13.1. The van der Waals surface area contributed by atoms with Crippen molar-refractivity contribution in [3.8, 4) is 0 Å². The van der Waals surface area contributed by atoms with E-state index in [1.165, 1.54) is 36.7 Å². The first-order valence-electron chi connectivity index (χ1n) is 4.98. The lowest BCUT2D eigenvalue weighted by Crippen LogP contribution is -2.04. The molecule has 0 saturated heterocycles. The number of halogens is 1. The van der Waals surface area contributed by atoms with Gasteiger partial charge in [0.05, 0.1) is 4.92 Å². The van der Waals surface area contributed by atoms with Gasteiger partial charge in [-0.2, -0.15) is 0 Å². The first-order valence-corrected chi connectivity index (χ1v) is 5.36. The zero-order valence-electron chi connectivity index (χ0n) is 9.02. The van der Waals surface area contributed by atoms with Gasteiger partial charge in [0.15, 0.2) is 5.15 Å². The Labute approximate surface area is 107 Å². The van der Waals surface area contributed by atoms with Crippen LogP contribution in [-0.4, -0.2) is 20.0 Å². The second-order valence-corrected chi connectivity index (χ2v) is 3.84. The van der Waals surface area contributed by atoms with Crippen LogP contribution in [0.5, 0.6) is 0 Å². The largest absolute Gasteiger partial charge is 0.382 e. The summed E-state index contributed by atoms with van der Waals surface area (Å²) in [5, 5.41) is 20.7. The van der Waals surface area contributed by atoms with E-state index in [0.29, 0.717) is 5.56 Å². The molecule has 0 bridgehead atoms. The molecule has 0 saturated carbocycles. The summed E-state index contributed by atoms with van der Waals surface area (Å²) in [6, 6.07) is 5.52. The number of aromatic nitrogens is 2. The van der Waals surface area contributed by atoms with E-state index in [0.717, 1.165) is 0 Å². The third kappa shape index (κ3) is 2.44. The van der Waals surface area contributed by atoms with E-state index >= 15 is 0 Å². The summed E-state index contributed by atoms with van der Waals surface area (Å²) in [7, 11) is 0. The maximum atomic E-state index is 10.5. The van der Waals surface area contributed by atoms with E-state index in [2.05, 4.69) is 9.97 Å². The van der Waals surface area contributed by atoms with Crippen molar-refractivity contribution in [2.24, 2.45) is 0 Å². The summed E-state index contributed by atoms with van der Waals surface area (Å²) < 4.78 is 0. The molecule has 1 unspecified atom stereocenters. The summed E-state index contributed by atoms with van der Waals surface area (Å²) in [5.41, 5.74) is 0.632. The van der Waals surface area contributed by atoms with E-state index < -0.39 is 11.0 Å². The smallest absolute Gasteiger partial charge is 0.269 e. The fourth-order valence-corrected chi connectivity index (χ4v) is 1.66. The van der Waals surface area contributed by atoms with Gasteiger partial charge in [-0.15, -0.1) is 0 Å². The number of benzene rings is 1. The monoisotopic (exact) mass is 265 g/mol. The molecule has 18 heavy (non-hydrogen) atoms. The Morgan fingerprint density at radius 2 is 1.83 bits per heavy atom. The average Bonchev–Trinajstić information content (AvgIpc) is 2.38. The molecular formula is C11H8ClN3O3. The molecule has 1 atom stereocenters. The van der Waals surface area contributed by atoms with Crippen molar-refractivity contribution in [2.75, 3.05) is 0 Å². The lowest BCUT2D eigenvalue weighted by molar-refractivity contribution is -0.384. The molecule has 0 fully saturated rings. The number of nitro groups is 1. The van der Waals surface area contributed by atoms with E-state index in [9.17, 15) is 15.2 Å². The molecule has 0 amide bonds. The number of hydrogen-bond donors (Lipinski definition) is 1. The number of hydrogen-bond acceptors (Lipinski definition) is 5. The van der Waals surface area contributed by atoms with Gasteiger partial charge in [-0.3, -0.25) is 15.1 Å². The minimum Gasteiger partial charge on any atom is -0.382 e. The number of nitrogens with zero attached hydrogens (tertiary/aromatic N) is 3. The Kier molecular flexibility index (Phi) is 3.50. The SMILES string of the molecule is O=[N+]([O-])c1ccc(C(O)c2nccnc2Cl)cc1. The Bertz CT molecular complexity index is 574. The van der Waals surface area contributed by atoms with Crippen LogP contribution in [0, 0.1) is 10.1 Å². The van der Waals surface area contributed by atoms with Crippen LogP contribution in [0.3, 0.4) is 0 Å². The quantitative estimate of drug-likeness (QED) is 0.678. The molecule has 1 N–H and O–H groups in total. The standard InChI is InChI=1S/C11H8ClN3O3/c12-11-9(13-5-6-14-11)10(16)7-1-3-8(4-2-7)15(17)18/h1-6,10,16H. The second-order valence-electron chi connectivity index (χ2n) is 3.48. The fraction of sp³-hybridized carbons (Fsp3) is 0.0909. The van der Waals surface area contributed by atoms with E-state index in [1.807, 2.05) is 0 Å². The lowest BCUT2D eigenvalue weighted by Gasteiger charge is -2.10. The van der Waals surface area contributed by atoms with Gasteiger partial charge in [0, 0.05) is 24.5 Å². The molecule has 2 rings (SSSR count). The van der Waals surface area contributed by atoms with Crippen LogP contribution in [-0.2, 0) is 0 Å². The van der Waals surface area contributed by atoms with Crippen molar-refractivity contribution in [3.63, 3.8) is 0 Å². The predicted octanol–water partition coefficient (Wildman–Crippen LogP) is 2.12. The Hall–Kier alpha value is -2.05. The highest BCUT2D eigenvalue weighted by atomic mass is 35.5. The number of rotatable bonds is 3. The van der Waals surface area contributed by atoms with Crippen molar-refractivity contribution >= 4 is 17.3 Å². The van der Waals surface area contributed by atoms with Gasteiger partial charge in [0.2, 0.25) is 0 Å². The highest BCUT2D eigenvalue weighted by Crippen LogP contribution is 2.25. The maximum absolute atomic E-state index is 10.5. The van der Waals surface area contributed by atoms with Crippen LogP contribution >= 0.6 is 11.6 Å². The number of nitro benzene ring substituents is 1. The van der Waals surface area contributed by atoms with Gasteiger partial charge in [-0.1, -0.05) is 11.6 Å². The Morgan fingerprint density at radius 1 is 1.22 bits per heavy atom. The van der Waals surface area contributed by atoms with Gasteiger partial charge < -0.3 is 5.11 Å². The van der Waals surface area contributed by atoms with Crippen molar-refractivity contribution in [1.82, 2.24) is 9.97 Å². The van der Waals surface area contributed by atoms with Gasteiger partial charge in [0.25, 0.3) is 5.69 Å². The highest BCUT2D eigenvalue weighted by molar-refractivity contribution is 6.30. The molecule has 0 aliphatic rings. The van der Waals surface area contributed by atoms with Crippen LogP contribution in [0.15, 0.2) is 36.7 Å². The van der Waals surface area contributed by atoms with Crippen molar-refractivity contribution in [2.45, 2.75) is 6.10 Å². The first kappa shape index (κ1) is 12.4. The van der Waals surface area contributed by atoms with Crippen molar-refractivity contribution in [3.05, 3.63) is 63.2 Å². The fourth-order valence-electron chi connectivity index (χ4n) is 1.45. The number of non-ortho nitro benzene ring substituents is 1.